The van der Waals surface area contributed by atoms with Gasteiger partial charge in [-0.25, -0.2) is 4.98 Å². The van der Waals surface area contributed by atoms with E-state index in [-0.39, 0.29) is 11.9 Å². The number of anilines is 1. The molecule has 0 radical (unpaired) electrons. The molecule has 1 heterocycles. The molecule has 0 aliphatic heterocycles. The van der Waals surface area contributed by atoms with Crippen LogP contribution < -0.4 is 10.4 Å². The predicted octanol–water partition coefficient (Wildman–Crippen LogP) is 1.41. The van der Waals surface area contributed by atoms with E-state index in [9.17, 15) is 4.79 Å². The van der Waals surface area contributed by atoms with Gasteiger partial charge in [0, 0.05) is 0 Å². The molecule has 1 amide bonds. The quantitative estimate of drug-likeness (QED) is 0.657. The molecule has 6 nitrogen and oxygen atoms in total. The summed E-state index contributed by atoms with van der Waals surface area (Å²) in [7, 11) is 0. The van der Waals surface area contributed by atoms with Gasteiger partial charge in [-0.05, 0) is 12.8 Å². The van der Waals surface area contributed by atoms with E-state index in [2.05, 4.69) is 15.4 Å². The second kappa shape index (κ2) is 5.65. The van der Waals surface area contributed by atoms with Crippen LogP contribution in [-0.4, -0.2) is 22.4 Å². The van der Waals surface area contributed by atoms with Gasteiger partial charge in [0.25, 0.3) is 0 Å². The molecule has 1 aromatic rings. The van der Waals surface area contributed by atoms with Crippen LogP contribution >= 0.6 is 11.6 Å². The molecule has 0 aromatic carbocycles. The van der Waals surface area contributed by atoms with Crippen molar-refractivity contribution in [3.8, 4) is 6.07 Å². The molecule has 2 rings (SSSR count). The van der Waals surface area contributed by atoms with Crippen molar-refractivity contribution in [2.45, 2.75) is 31.7 Å². The van der Waals surface area contributed by atoms with Gasteiger partial charge in [-0.1, -0.05) is 24.4 Å². The molecule has 0 spiro atoms. The molecule has 1 aliphatic carbocycles. The fourth-order valence-corrected chi connectivity index (χ4v) is 2.32. The third-order valence-electron chi connectivity index (χ3n) is 2.94. The Kier molecular flexibility index (Phi) is 3.95. The summed E-state index contributed by atoms with van der Waals surface area (Å²) in [5.74, 6) is 0.410. The number of nitriles is 1. The van der Waals surface area contributed by atoms with Gasteiger partial charge in [0.2, 0.25) is 12.2 Å². The van der Waals surface area contributed by atoms with Gasteiger partial charge in [-0.3, -0.25) is 15.2 Å². The summed E-state index contributed by atoms with van der Waals surface area (Å²) in [6.45, 7) is 0. The zero-order valence-corrected chi connectivity index (χ0v) is 10.4. The van der Waals surface area contributed by atoms with Gasteiger partial charge in [0.15, 0.2) is 5.82 Å². The Morgan fingerprint density at radius 2 is 2.28 bits per heavy atom. The van der Waals surface area contributed by atoms with Crippen molar-refractivity contribution in [1.82, 2.24) is 15.4 Å². The number of halogens is 1. The summed E-state index contributed by atoms with van der Waals surface area (Å²) in [6, 6.07) is 2.02. The number of carbonyl (C=O) groups excluding carboxylic acids is 1. The summed E-state index contributed by atoms with van der Waals surface area (Å²) >= 11 is 6.03. The van der Waals surface area contributed by atoms with Gasteiger partial charge < -0.3 is 0 Å². The van der Waals surface area contributed by atoms with E-state index in [4.69, 9.17) is 16.9 Å². The predicted molar refractivity (Wildman–Crippen MR) is 65.7 cm³/mol. The first kappa shape index (κ1) is 12.6. The minimum Gasteiger partial charge on any atom is -0.277 e. The van der Waals surface area contributed by atoms with Crippen molar-refractivity contribution < 1.29 is 4.79 Å². The molecule has 7 heteroatoms. The van der Waals surface area contributed by atoms with Crippen molar-refractivity contribution in [3.63, 3.8) is 0 Å². The maximum absolute atomic E-state index is 10.7. The van der Waals surface area contributed by atoms with Crippen molar-refractivity contribution in [2.24, 2.45) is 0 Å². The number of hydrazine groups is 1. The van der Waals surface area contributed by atoms with Crippen LogP contribution in [0.15, 0.2) is 6.20 Å². The van der Waals surface area contributed by atoms with Crippen LogP contribution in [-0.2, 0) is 4.79 Å². The second-order valence-corrected chi connectivity index (χ2v) is 4.44. The highest BCUT2D eigenvalue weighted by Crippen LogP contribution is 2.29. The molecule has 1 aromatic heterocycles. The van der Waals surface area contributed by atoms with Gasteiger partial charge in [-0.2, -0.15) is 10.2 Å². The number of hydrogen-bond donors (Lipinski definition) is 1. The van der Waals surface area contributed by atoms with Gasteiger partial charge in [-0.15, -0.1) is 0 Å². The van der Waals surface area contributed by atoms with Crippen molar-refractivity contribution in [3.05, 3.63) is 17.0 Å². The van der Waals surface area contributed by atoms with Crippen LogP contribution in [0.3, 0.4) is 0 Å². The van der Waals surface area contributed by atoms with Crippen molar-refractivity contribution in [2.75, 3.05) is 5.01 Å². The average molecular weight is 266 g/mol. The highest BCUT2D eigenvalue weighted by atomic mass is 35.5. The smallest absolute Gasteiger partial charge is 0.234 e. The molecular formula is C11H12ClN5O. The van der Waals surface area contributed by atoms with Crippen LogP contribution in [0.25, 0.3) is 0 Å². The number of carbonyl (C=O) groups is 1. The molecule has 1 N–H and O–H groups in total. The lowest BCUT2D eigenvalue weighted by Crippen LogP contribution is -2.45. The van der Waals surface area contributed by atoms with Gasteiger partial charge in [0.05, 0.1) is 12.2 Å². The molecule has 18 heavy (non-hydrogen) atoms. The van der Waals surface area contributed by atoms with Crippen LogP contribution in [0.1, 0.15) is 31.5 Å². The number of nitrogens with one attached hydrogen (secondary N) is 1. The van der Waals surface area contributed by atoms with Crippen molar-refractivity contribution in [1.29, 1.82) is 5.26 Å². The molecule has 1 aliphatic rings. The van der Waals surface area contributed by atoms with Crippen LogP contribution in [0.2, 0.25) is 5.02 Å². The number of hydrogen-bond acceptors (Lipinski definition) is 5. The van der Waals surface area contributed by atoms with E-state index in [1.54, 1.807) is 5.01 Å². The van der Waals surface area contributed by atoms with Crippen LogP contribution in [0.4, 0.5) is 5.82 Å². The largest absolute Gasteiger partial charge is 0.277 e. The first-order chi connectivity index (χ1) is 8.76. The standard InChI is InChI=1S/C11H12ClN5O/c12-9-6-14-10(5-13)16-11(9)17(15-7-18)8-3-1-2-4-8/h6-8H,1-4H2,(H,15,18). The fraction of sp³-hybridized carbons (Fsp3) is 0.455. The third-order valence-corrected chi connectivity index (χ3v) is 3.20. The zero-order valence-electron chi connectivity index (χ0n) is 9.64. The minimum absolute atomic E-state index is 0.0325. The molecule has 94 valence electrons. The molecule has 0 saturated heterocycles. The Balaban J connectivity index is 2.34. The second-order valence-electron chi connectivity index (χ2n) is 4.03. The third kappa shape index (κ3) is 2.51. The highest BCUT2D eigenvalue weighted by molar-refractivity contribution is 6.32. The number of nitrogens with zero attached hydrogens (tertiary/aromatic N) is 4. The van der Waals surface area contributed by atoms with E-state index < -0.39 is 0 Å². The molecule has 0 bridgehead atoms. The first-order valence-corrected chi connectivity index (χ1v) is 6.05. The number of amides is 1. The lowest BCUT2D eigenvalue weighted by atomic mass is 10.2. The summed E-state index contributed by atoms with van der Waals surface area (Å²) in [5.41, 5.74) is 2.60. The monoisotopic (exact) mass is 265 g/mol. The topological polar surface area (TPSA) is 81.9 Å². The Morgan fingerprint density at radius 3 is 2.89 bits per heavy atom. The van der Waals surface area contributed by atoms with E-state index in [0.29, 0.717) is 17.3 Å². The SMILES string of the molecule is N#Cc1ncc(Cl)c(N(NC=O)C2CCCC2)n1. The molecule has 1 fully saturated rings. The zero-order chi connectivity index (χ0) is 13.0. The van der Waals surface area contributed by atoms with Gasteiger partial charge in [0.1, 0.15) is 11.1 Å². The Labute approximate surface area is 110 Å². The maximum atomic E-state index is 10.7. The minimum atomic E-state index is 0.0325. The van der Waals surface area contributed by atoms with Gasteiger partial charge >= 0.3 is 0 Å². The summed E-state index contributed by atoms with van der Waals surface area (Å²) in [5, 5.41) is 10.7. The molecule has 1 saturated carbocycles. The maximum Gasteiger partial charge on any atom is 0.234 e. The highest BCUT2D eigenvalue weighted by Gasteiger charge is 2.25. The van der Waals surface area contributed by atoms with E-state index in [1.807, 2.05) is 6.07 Å². The number of aromatic nitrogens is 2. The Bertz CT molecular complexity index is 481. The molecule has 0 atom stereocenters. The van der Waals surface area contributed by atoms with Crippen LogP contribution in [0.5, 0.6) is 0 Å². The fourth-order valence-electron chi connectivity index (χ4n) is 2.14. The summed E-state index contributed by atoms with van der Waals surface area (Å²) in [6.07, 6.45) is 6.09. The van der Waals surface area contributed by atoms with E-state index in [0.717, 1.165) is 25.7 Å². The lowest BCUT2D eigenvalue weighted by molar-refractivity contribution is -0.109. The van der Waals surface area contributed by atoms with Crippen molar-refractivity contribution >= 4 is 23.8 Å². The van der Waals surface area contributed by atoms with Crippen LogP contribution in [0, 0.1) is 11.3 Å². The summed E-state index contributed by atoms with van der Waals surface area (Å²) < 4.78 is 0. The first-order valence-electron chi connectivity index (χ1n) is 5.68. The lowest BCUT2D eigenvalue weighted by Gasteiger charge is -2.28. The summed E-state index contributed by atoms with van der Waals surface area (Å²) in [4.78, 5) is 18.5. The average Bonchev–Trinajstić information content (AvgIpc) is 2.91. The Morgan fingerprint density at radius 1 is 1.56 bits per heavy atom. The molecule has 0 unspecified atom stereocenters. The molecular weight excluding hydrogens is 254 g/mol. The Hall–Kier alpha value is -1.87. The number of rotatable bonds is 4. The van der Waals surface area contributed by atoms with E-state index >= 15 is 0 Å². The van der Waals surface area contributed by atoms with E-state index in [1.165, 1.54) is 6.20 Å². The normalized spacial score (nSPS) is 15.1.